The van der Waals surface area contributed by atoms with Gasteiger partial charge in [-0.1, -0.05) is 0 Å². The molecule has 1 atom stereocenters. The minimum Gasteiger partial charge on any atom is -0.385 e. The van der Waals surface area contributed by atoms with E-state index >= 15 is 0 Å². The van der Waals surface area contributed by atoms with Crippen LogP contribution in [0.2, 0.25) is 0 Å². The van der Waals surface area contributed by atoms with Crippen molar-refractivity contribution in [1.29, 1.82) is 0 Å². The average Bonchev–Trinajstić information content (AvgIpc) is 2.81. The molecule has 1 N–H and O–H groups in total. The van der Waals surface area contributed by atoms with Crippen LogP contribution in [-0.2, 0) is 14.3 Å². The van der Waals surface area contributed by atoms with E-state index in [0.29, 0.717) is 43.7 Å². The third-order valence-electron chi connectivity index (χ3n) is 4.27. The second kappa shape index (κ2) is 7.08. The molecule has 0 aliphatic carbocycles. The number of aryl methyl sites for hydroxylation is 1. The summed E-state index contributed by atoms with van der Waals surface area (Å²) in [6.07, 6.45) is 1.46. The molecular weight excluding hydrogens is 299 g/mol. The van der Waals surface area contributed by atoms with Gasteiger partial charge in [-0.15, -0.1) is 0 Å². The fourth-order valence-electron chi connectivity index (χ4n) is 2.94. The normalized spacial score (nSPS) is 20.9. The number of anilines is 1. The Labute approximate surface area is 135 Å². The van der Waals surface area contributed by atoms with Gasteiger partial charge in [0.15, 0.2) is 0 Å². The zero-order chi connectivity index (χ0) is 17.0. The number of carbonyl (C=O) groups is 2. The van der Waals surface area contributed by atoms with E-state index in [9.17, 15) is 14.0 Å². The molecule has 1 aromatic carbocycles. The van der Waals surface area contributed by atoms with Crippen molar-refractivity contribution < 1.29 is 18.7 Å². The molecule has 1 fully saturated rings. The zero-order valence-electron chi connectivity index (χ0n) is 13.8. The Hall–Kier alpha value is -1.95. The lowest BCUT2D eigenvalue weighted by atomic mass is 9.96. The summed E-state index contributed by atoms with van der Waals surface area (Å²) in [5.74, 6) is -0.666. The molecule has 1 heterocycles. The Bertz CT molecular complexity index is 606. The van der Waals surface area contributed by atoms with Crippen LogP contribution >= 0.6 is 0 Å². The van der Waals surface area contributed by atoms with Crippen molar-refractivity contribution in [3.8, 4) is 0 Å². The SMILES string of the molecule is COCCCNC(=O)[C@]1(C)CCC(=O)N1c1ccc(F)cc1C. The van der Waals surface area contributed by atoms with Crippen LogP contribution in [0, 0.1) is 12.7 Å². The van der Waals surface area contributed by atoms with Crippen LogP contribution in [0.1, 0.15) is 31.7 Å². The number of rotatable bonds is 6. The second-order valence-electron chi connectivity index (χ2n) is 6.04. The van der Waals surface area contributed by atoms with E-state index in [2.05, 4.69) is 5.32 Å². The van der Waals surface area contributed by atoms with E-state index in [1.807, 2.05) is 0 Å². The van der Waals surface area contributed by atoms with Gasteiger partial charge in [-0.05, 0) is 50.5 Å². The van der Waals surface area contributed by atoms with Gasteiger partial charge in [0.2, 0.25) is 11.8 Å². The maximum Gasteiger partial charge on any atom is 0.246 e. The standard InChI is InChI=1S/C17H23FN2O3/c1-12-11-13(18)5-6-14(12)20-15(21)7-8-17(20,2)16(22)19-9-4-10-23-3/h5-6,11H,4,7-10H2,1-3H3,(H,19,22)/t17-/m0/s1. The highest BCUT2D eigenvalue weighted by Gasteiger charge is 2.48. The number of methoxy groups -OCH3 is 1. The number of benzene rings is 1. The molecule has 0 unspecified atom stereocenters. The molecule has 5 nitrogen and oxygen atoms in total. The Morgan fingerprint density at radius 2 is 2.22 bits per heavy atom. The highest BCUT2D eigenvalue weighted by Crippen LogP contribution is 2.37. The van der Waals surface area contributed by atoms with Gasteiger partial charge in [0, 0.05) is 32.4 Å². The third kappa shape index (κ3) is 3.52. The first kappa shape index (κ1) is 17.4. The summed E-state index contributed by atoms with van der Waals surface area (Å²) in [4.78, 5) is 26.5. The van der Waals surface area contributed by atoms with E-state index in [0.717, 1.165) is 0 Å². The number of nitrogens with zero attached hydrogens (tertiary/aromatic N) is 1. The van der Waals surface area contributed by atoms with Gasteiger partial charge in [-0.2, -0.15) is 0 Å². The summed E-state index contributed by atoms with van der Waals surface area (Å²) in [6, 6.07) is 4.24. The summed E-state index contributed by atoms with van der Waals surface area (Å²) in [7, 11) is 1.61. The molecular formula is C17H23FN2O3. The summed E-state index contributed by atoms with van der Waals surface area (Å²) in [5.41, 5.74) is 0.273. The molecule has 2 rings (SSSR count). The van der Waals surface area contributed by atoms with Crippen molar-refractivity contribution in [1.82, 2.24) is 5.32 Å². The molecule has 1 aliphatic rings. The maximum atomic E-state index is 13.3. The second-order valence-corrected chi connectivity index (χ2v) is 6.04. The molecule has 0 saturated carbocycles. The molecule has 1 aromatic rings. The summed E-state index contributed by atoms with van der Waals surface area (Å²) in [6.45, 7) is 4.55. The van der Waals surface area contributed by atoms with E-state index in [4.69, 9.17) is 4.74 Å². The van der Waals surface area contributed by atoms with E-state index < -0.39 is 5.54 Å². The highest BCUT2D eigenvalue weighted by molar-refractivity contribution is 6.06. The third-order valence-corrected chi connectivity index (χ3v) is 4.27. The largest absolute Gasteiger partial charge is 0.385 e. The molecule has 1 aliphatic heterocycles. The number of halogens is 1. The molecule has 126 valence electrons. The zero-order valence-corrected chi connectivity index (χ0v) is 13.8. The van der Waals surface area contributed by atoms with Crippen molar-refractivity contribution in [2.24, 2.45) is 0 Å². The molecule has 2 amide bonds. The summed E-state index contributed by atoms with van der Waals surface area (Å²) in [5, 5.41) is 2.86. The van der Waals surface area contributed by atoms with Crippen molar-refractivity contribution in [2.45, 2.75) is 38.6 Å². The minimum absolute atomic E-state index is 0.116. The van der Waals surface area contributed by atoms with Gasteiger partial charge in [0.1, 0.15) is 11.4 Å². The number of amides is 2. The van der Waals surface area contributed by atoms with Crippen LogP contribution in [0.25, 0.3) is 0 Å². The Morgan fingerprint density at radius 1 is 1.48 bits per heavy atom. The molecule has 6 heteroatoms. The van der Waals surface area contributed by atoms with Gasteiger partial charge in [0.05, 0.1) is 0 Å². The molecule has 0 spiro atoms. The topological polar surface area (TPSA) is 58.6 Å². The molecule has 0 radical (unpaired) electrons. The number of carbonyl (C=O) groups excluding carboxylic acids is 2. The van der Waals surface area contributed by atoms with Crippen molar-refractivity contribution in [3.05, 3.63) is 29.6 Å². The fourth-order valence-corrected chi connectivity index (χ4v) is 2.94. The summed E-state index contributed by atoms with van der Waals surface area (Å²) < 4.78 is 18.3. The Kier molecular flexibility index (Phi) is 5.36. The van der Waals surface area contributed by atoms with Crippen LogP contribution in [0.4, 0.5) is 10.1 Å². The van der Waals surface area contributed by atoms with E-state index in [1.165, 1.54) is 17.0 Å². The van der Waals surface area contributed by atoms with Gasteiger partial charge in [-0.3, -0.25) is 14.5 Å². The lowest BCUT2D eigenvalue weighted by molar-refractivity contribution is -0.127. The van der Waals surface area contributed by atoms with E-state index in [-0.39, 0.29) is 17.6 Å². The first-order chi connectivity index (χ1) is 10.9. The first-order valence-corrected chi connectivity index (χ1v) is 7.76. The number of ether oxygens (including phenoxy) is 1. The van der Waals surface area contributed by atoms with Crippen molar-refractivity contribution in [3.63, 3.8) is 0 Å². The lowest BCUT2D eigenvalue weighted by Crippen LogP contribution is -2.55. The highest BCUT2D eigenvalue weighted by atomic mass is 19.1. The average molecular weight is 322 g/mol. The minimum atomic E-state index is -0.952. The monoisotopic (exact) mass is 322 g/mol. The van der Waals surface area contributed by atoms with Gasteiger partial charge < -0.3 is 10.1 Å². The van der Waals surface area contributed by atoms with Gasteiger partial charge in [-0.25, -0.2) is 4.39 Å². The predicted molar refractivity (Wildman–Crippen MR) is 85.8 cm³/mol. The summed E-state index contributed by atoms with van der Waals surface area (Å²) >= 11 is 0. The molecule has 1 saturated heterocycles. The van der Waals surface area contributed by atoms with Crippen LogP contribution in [0.3, 0.4) is 0 Å². The predicted octanol–water partition coefficient (Wildman–Crippen LogP) is 2.17. The number of nitrogens with one attached hydrogen (secondary N) is 1. The molecule has 23 heavy (non-hydrogen) atoms. The molecule has 0 aromatic heterocycles. The van der Waals surface area contributed by atoms with Crippen LogP contribution in [-0.4, -0.2) is 37.6 Å². The van der Waals surface area contributed by atoms with Crippen molar-refractivity contribution in [2.75, 3.05) is 25.2 Å². The quantitative estimate of drug-likeness (QED) is 0.817. The van der Waals surface area contributed by atoms with Gasteiger partial charge >= 0.3 is 0 Å². The smallest absolute Gasteiger partial charge is 0.246 e. The Balaban J connectivity index is 2.22. The van der Waals surface area contributed by atoms with Crippen LogP contribution < -0.4 is 10.2 Å². The lowest BCUT2D eigenvalue weighted by Gasteiger charge is -2.34. The number of hydrogen-bond donors (Lipinski definition) is 1. The fraction of sp³-hybridized carbons (Fsp3) is 0.529. The number of hydrogen-bond acceptors (Lipinski definition) is 3. The Morgan fingerprint density at radius 3 is 2.87 bits per heavy atom. The van der Waals surface area contributed by atoms with Crippen molar-refractivity contribution >= 4 is 17.5 Å². The van der Waals surface area contributed by atoms with Crippen LogP contribution in [0.5, 0.6) is 0 Å². The van der Waals surface area contributed by atoms with Crippen LogP contribution in [0.15, 0.2) is 18.2 Å². The molecule has 0 bridgehead atoms. The van der Waals surface area contributed by atoms with E-state index in [1.54, 1.807) is 27.0 Å². The van der Waals surface area contributed by atoms with Gasteiger partial charge in [0.25, 0.3) is 0 Å². The first-order valence-electron chi connectivity index (χ1n) is 7.76. The maximum absolute atomic E-state index is 13.3.